The number of hydrogen-bond donors (Lipinski definition) is 2. The molecule has 4 fully saturated rings. The van der Waals surface area contributed by atoms with Crippen molar-refractivity contribution in [2.75, 3.05) is 6.54 Å². The third-order valence-electron chi connectivity index (χ3n) is 6.14. The topological polar surface area (TPSA) is 45.7 Å². The van der Waals surface area contributed by atoms with Gasteiger partial charge in [0.25, 0.3) is 5.91 Å². The monoisotopic (exact) mass is 299 g/mol. The highest BCUT2D eigenvalue weighted by molar-refractivity contribution is 5.76. The largest absolute Gasteiger partial charge is 0.347 e. The Morgan fingerprint density at radius 1 is 1.05 bits per heavy atom. The molecular weight excluding hydrogens is 272 g/mol. The van der Waals surface area contributed by atoms with Crippen molar-refractivity contribution in [3.63, 3.8) is 0 Å². The van der Waals surface area contributed by atoms with Gasteiger partial charge in [0.1, 0.15) is 0 Å². The van der Waals surface area contributed by atoms with Gasteiger partial charge in [0.2, 0.25) is 0 Å². The van der Waals surface area contributed by atoms with E-state index < -0.39 is 0 Å². The fourth-order valence-corrected chi connectivity index (χ4v) is 5.61. The highest BCUT2D eigenvalue weighted by Gasteiger charge is 2.53. The number of nitrogens with one attached hydrogen (secondary N) is 1. The van der Waals surface area contributed by atoms with Gasteiger partial charge in [0, 0.05) is 25.8 Å². The third-order valence-corrected chi connectivity index (χ3v) is 6.14. The molecular formula is C19H27N2O+. The second kappa shape index (κ2) is 5.69. The zero-order valence-corrected chi connectivity index (χ0v) is 13.3. The molecule has 4 aliphatic rings. The zero-order valence-electron chi connectivity index (χ0n) is 13.3. The number of carbonyl (C=O) groups is 1. The highest BCUT2D eigenvalue weighted by Crippen LogP contribution is 2.54. The molecule has 0 radical (unpaired) electrons. The van der Waals surface area contributed by atoms with Crippen LogP contribution in [0.25, 0.3) is 0 Å². The molecule has 0 unspecified atom stereocenters. The number of benzene rings is 1. The second-order valence-corrected chi connectivity index (χ2v) is 7.95. The molecule has 0 atom stereocenters. The van der Waals surface area contributed by atoms with E-state index in [0.717, 1.165) is 17.8 Å². The highest BCUT2D eigenvalue weighted by atomic mass is 16.1. The summed E-state index contributed by atoms with van der Waals surface area (Å²) >= 11 is 0. The molecule has 0 aliphatic heterocycles. The van der Waals surface area contributed by atoms with E-state index in [-0.39, 0.29) is 5.91 Å². The van der Waals surface area contributed by atoms with Crippen LogP contribution in [0.2, 0.25) is 0 Å². The van der Waals surface area contributed by atoms with Crippen LogP contribution in [0, 0.1) is 17.8 Å². The Morgan fingerprint density at radius 2 is 1.64 bits per heavy atom. The van der Waals surface area contributed by atoms with Crippen LogP contribution in [0.4, 0.5) is 0 Å². The van der Waals surface area contributed by atoms with Crippen LogP contribution < -0.4 is 10.6 Å². The molecule has 0 spiro atoms. The summed E-state index contributed by atoms with van der Waals surface area (Å²) in [4.78, 5) is 12.2. The first-order valence-corrected chi connectivity index (χ1v) is 8.86. The smallest absolute Gasteiger partial charge is 0.275 e. The van der Waals surface area contributed by atoms with Crippen LogP contribution in [0.5, 0.6) is 0 Å². The average Bonchev–Trinajstić information content (AvgIpc) is 2.51. The Kier molecular flexibility index (Phi) is 3.69. The minimum Gasteiger partial charge on any atom is -0.347 e. The average molecular weight is 299 g/mol. The Balaban J connectivity index is 1.28. The molecule has 1 amide bonds. The van der Waals surface area contributed by atoms with E-state index in [9.17, 15) is 4.79 Å². The molecule has 1 aromatic rings. The lowest BCUT2D eigenvalue weighted by Gasteiger charge is -2.54. The van der Waals surface area contributed by atoms with Gasteiger partial charge in [-0.25, -0.2) is 0 Å². The van der Waals surface area contributed by atoms with Crippen LogP contribution in [0.1, 0.15) is 44.1 Å². The molecule has 4 bridgehead atoms. The summed E-state index contributed by atoms with van der Waals surface area (Å²) in [5.74, 6) is 3.04. The van der Waals surface area contributed by atoms with Crippen molar-refractivity contribution in [2.45, 2.75) is 50.6 Å². The summed E-state index contributed by atoms with van der Waals surface area (Å²) in [7, 11) is 0. The number of nitrogens with two attached hydrogens (primary N) is 1. The lowest BCUT2D eigenvalue weighted by atomic mass is 9.53. The predicted molar refractivity (Wildman–Crippen MR) is 86.0 cm³/mol. The van der Waals surface area contributed by atoms with Crippen molar-refractivity contribution in [2.24, 2.45) is 17.8 Å². The summed E-state index contributed by atoms with van der Waals surface area (Å²) < 4.78 is 0. The summed E-state index contributed by atoms with van der Waals surface area (Å²) in [6.45, 7) is 1.24. The maximum atomic E-state index is 12.2. The predicted octanol–water partition coefficient (Wildman–Crippen LogP) is 1.83. The van der Waals surface area contributed by atoms with Crippen LogP contribution in [-0.2, 0) is 11.3 Å². The van der Waals surface area contributed by atoms with Gasteiger partial charge < -0.3 is 10.6 Å². The summed E-state index contributed by atoms with van der Waals surface area (Å²) in [5, 5.41) is 5.45. The van der Waals surface area contributed by atoms with Crippen molar-refractivity contribution < 1.29 is 10.1 Å². The molecule has 5 rings (SSSR count). The fraction of sp³-hybridized carbons (Fsp3) is 0.632. The number of rotatable bonds is 5. The van der Waals surface area contributed by atoms with Crippen molar-refractivity contribution in [1.29, 1.82) is 0 Å². The van der Waals surface area contributed by atoms with Crippen molar-refractivity contribution >= 4 is 5.91 Å². The van der Waals surface area contributed by atoms with E-state index in [1.54, 1.807) is 0 Å². The van der Waals surface area contributed by atoms with Crippen molar-refractivity contribution in [3.8, 4) is 0 Å². The van der Waals surface area contributed by atoms with Gasteiger partial charge in [-0.3, -0.25) is 4.79 Å². The first-order valence-electron chi connectivity index (χ1n) is 8.86. The summed E-state index contributed by atoms with van der Waals surface area (Å²) in [5.41, 5.74) is 1.57. The third kappa shape index (κ3) is 2.91. The molecule has 22 heavy (non-hydrogen) atoms. The quantitative estimate of drug-likeness (QED) is 0.856. The lowest BCUT2D eigenvalue weighted by Crippen LogP contribution is -3.00. The Morgan fingerprint density at radius 3 is 2.23 bits per heavy atom. The Hall–Kier alpha value is -1.35. The molecule has 4 saturated carbocycles. The van der Waals surface area contributed by atoms with Crippen LogP contribution in [0.15, 0.2) is 30.3 Å². The molecule has 4 aliphatic carbocycles. The van der Waals surface area contributed by atoms with E-state index in [0.29, 0.717) is 18.6 Å². The second-order valence-electron chi connectivity index (χ2n) is 7.95. The molecule has 3 heteroatoms. The van der Waals surface area contributed by atoms with Crippen LogP contribution in [0.3, 0.4) is 0 Å². The number of carbonyl (C=O) groups excluding carboxylic acids is 1. The van der Waals surface area contributed by atoms with Crippen molar-refractivity contribution in [3.05, 3.63) is 35.9 Å². The van der Waals surface area contributed by atoms with Gasteiger partial charge in [-0.05, 0) is 42.6 Å². The molecule has 0 saturated heterocycles. The Labute approximate surface area is 132 Å². The maximum absolute atomic E-state index is 12.2. The first-order chi connectivity index (χ1) is 10.7. The van der Waals surface area contributed by atoms with Crippen LogP contribution in [-0.4, -0.2) is 18.0 Å². The number of quaternary nitrogens is 1. The van der Waals surface area contributed by atoms with Gasteiger partial charge in [0.15, 0.2) is 6.54 Å². The van der Waals surface area contributed by atoms with Gasteiger partial charge >= 0.3 is 0 Å². The van der Waals surface area contributed by atoms with E-state index >= 15 is 0 Å². The van der Waals surface area contributed by atoms with Gasteiger partial charge in [-0.2, -0.15) is 0 Å². The maximum Gasteiger partial charge on any atom is 0.275 e. The van der Waals surface area contributed by atoms with E-state index in [4.69, 9.17) is 0 Å². The van der Waals surface area contributed by atoms with Gasteiger partial charge in [0.05, 0.1) is 5.54 Å². The number of hydrogen-bond acceptors (Lipinski definition) is 1. The Bertz CT molecular complexity index is 504. The van der Waals surface area contributed by atoms with Crippen LogP contribution >= 0.6 is 0 Å². The van der Waals surface area contributed by atoms with E-state index in [1.807, 2.05) is 18.2 Å². The van der Waals surface area contributed by atoms with Gasteiger partial charge in [-0.1, -0.05) is 30.3 Å². The number of amides is 1. The SMILES string of the molecule is O=C(C[NH2+]C12CC3CC(CC(C3)C1)C2)NCc1ccccc1. The minimum absolute atomic E-state index is 0.180. The van der Waals surface area contributed by atoms with E-state index in [1.165, 1.54) is 44.1 Å². The normalized spacial score (nSPS) is 35.5. The van der Waals surface area contributed by atoms with Crippen molar-refractivity contribution in [1.82, 2.24) is 5.32 Å². The molecule has 1 aromatic carbocycles. The molecule has 0 aromatic heterocycles. The molecule has 118 valence electrons. The van der Waals surface area contributed by atoms with Gasteiger partial charge in [-0.15, -0.1) is 0 Å². The summed E-state index contributed by atoms with van der Waals surface area (Å²) in [6.07, 6.45) is 8.45. The summed E-state index contributed by atoms with van der Waals surface area (Å²) in [6, 6.07) is 10.2. The van der Waals surface area contributed by atoms with E-state index in [2.05, 4.69) is 22.8 Å². The lowest BCUT2D eigenvalue weighted by molar-refractivity contribution is -0.730. The molecule has 0 heterocycles. The standard InChI is InChI=1S/C19H26N2O/c22-18(20-12-14-4-2-1-3-5-14)13-21-19-9-15-6-16(10-19)8-17(7-15)11-19/h1-5,15-17,21H,6-13H2,(H,20,22)/p+1. The minimum atomic E-state index is 0.180. The molecule has 3 N–H and O–H groups in total. The fourth-order valence-electron chi connectivity index (χ4n) is 5.61. The first kappa shape index (κ1) is 14.3. The molecule has 3 nitrogen and oxygen atoms in total. The zero-order chi connectivity index (χ0) is 15.0.